The predicted molar refractivity (Wildman–Crippen MR) is 61.7 cm³/mol. The summed E-state index contributed by atoms with van der Waals surface area (Å²) >= 11 is 0. The van der Waals surface area contributed by atoms with E-state index in [2.05, 4.69) is 5.32 Å². The van der Waals surface area contributed by atoms with Crippen molar-refractivity contribution in [1.82, 2.24) is 5.32 Å². The first-order valence-corrected chi connectivity index (χ1v) is 6.03. The fourth-order valence-corrected chi connectivity index (χ4v) is 2.28. The van der Waals surface area contributed by atoms with E-state index in [0.717, 1.165) is 31.9 Å². The Morgan fingerprint density at radius 3 is 2.88 bits per heavy atom. The molecule has 2 unspecified atom stereocenters. The van der Waals surface area contributed by atoms with Gasteiger partial charge in [-0.2, -0.15) is 0 Å². The normalized spacial score (nSPS) is 22.4. The largest absolute Gasteiger partial charge is 0.391 e. The highest BCUT2D eigenvalue weighted by Gasteiger charge is 2.22. The minimum atomic E-state index is -0.855. The molecule has 1 aliphatic heterocycles. The van der Waals surface area contributed by atoms with E-state index in [-0.39, 0.29) is 18.0 Å². The zero-order valence-electron chi connectivity index (χ0n) is 9.63. The minimum Gasteiger partial charge on any atom is -0.391 e. The molecule has 17 heavy (non-hydrogen) atoms. The first kappa shape index (κ1) is 12.5. The number of aliphatic hydroxyl groups is 1. The second kappa shape index (κ2) is 5.56. The van der Waals surface area contributed by atoms with E-state index < -0.39 is 17.7 Å². The Bertz CT molecular complexity index is 378. The van der Waals surface area contributed by atoms with Crippen molar-refractivity contribution in [2.75, 3.05) is 6.54 Å². The van der Waals surface area contributed by atoms with Crippen molar-refractivity contribution in [2.45, 2.75) is 37.8 Å². The molecule has 1 saturated heterocycles. The van der Waals surface area contributed by atoms with Crippen LogP contribution in [0.1, 0.15) is 24.8 Å². The molecule has 0 aromatic heterocycles. The van der Waals surface area contributed by atoms with Gasteiger partial charge in [0.15, 0.2) is 11.6 Å². The van der Waals surface area contributed by atoms with E-state index in [1.54, 1.807) is 0 Å². The topological polar surface area (TPSA) is 32.3 Å². The number of aliphatic hydroxyl groups excluding tert-OH is 1. The summed E-state index contributed by atoms with van der Waals surface area (Å²) in [6.07, 6.45) is 2.56. The lowest BCUT2D eigenvalue weighted by Gasteiger charge is -2.28. The average molecular weight is 241 g/mol. The van der Waals surface area contributed by atoms with Crippen LogP contribution in [-0.4, -0.2) is 23.8 Å². The monoisotopic (exact) mass is 241 g/mol. The van der Waals surface area contributed by atoms with Crippen LogP contribution in [0.2, 0.25) is 0 Å². The highest BCUT2D eigenvalue weighted by atomic mass is 19.2. The first-order valence-electron chi connectivity index (χ1n) is 6.03. The van der Waals surface area contributed by atoms with Gasteiger partial charge < -0.3 is 10.4 Å². The second-order valence-electron chi connectivity index (χ2n) is 4.54. The smallest absolute Gasteiger partial charge is 0.162 e. The third-order valence-corrected chi connectivity index (χ3v) is 3.27. The van der Waals surface area contributed by atoms with Gasteiger partial charge in [0.1, 0.15) is 0 Å². The van der Waals surface area contributed by atoms with Crippen LogP contribution in [0, 0.1) is 11.6 Å². The zero-order valence-corrected chi connectivity index (χ0v) is 9.63. The lowest BCUT2D eigenvalue weighted by atomic mass is 9.95. The van der Waals surface area contributed by atoms with Gasteiger partial charge >= 0.3 is 0 Å². The number of nitrogens with one attached hydrogen (secondary N) is 1. The van der Waals surface area contributed by atoms with Crippen LogP contribution in [0.3, 0.4) is 0 Å². The molecule has 2 nitrogen and oxygen atoms in total. The Kier molecular flexibility index (Phi) is 4.07. The Morgan fingerprint density at radius 1 is 1.35 bits per heavy atom. The molecule has 1 heterocycles. The van der Waals surface area contributed by atoms with Gasteiger partial charge in [-0.1, -0.05) is 18.6 Å². The van der Waals surface area contributed by atoms with Gasteiger partial charge in [0.25, 0.3) is 0 Å². The lowest BCUT2D eigenvalue weighted by molar-refractivity contribution is 0.112. The van der Waals surface area contributed by atoms with Gasteiger partial charge in [0.05, 0.1) is 6.10 Å². The van der Waals surface area contributed by atoms with Gasteiger partial charge in [-0.05, 0) is 31.0 Å². The van der Waals surface area contributed by atoms with E-state index in [0.29, 0.717) is 0 Å². The molecule has 1 aromatic carbocycles. The Hall–Kier alpha value is -1.00. The highest BCUT2D eigenvalue weighted by Crippen LogP contribution is 2.17. The third kappa shape index (κ3) is 3.01. The average Bonchev–Trinajstić information content (AvgIpc) is 2.36. The Labute approximate surface area is 99.7 Å². The van der Waals surface area contributed by atoms with E-state index in [1.165, 1.54) is 12.1 Å². The molecule has 0 bridgehead atoms. The van der Waals surface area contributed by atoms with Crippen molar-refractivity contribution in [2.24, 2.45) is 0 Å². The SMILES string of the molecule is OC(Cc1cccc(F)c1F)C1CCCCN1. The van der Waals surface area contributed by atoms with Gasteiger partial charge in [-0.25, -0.2) is 8.78 Å². The van der Waals surface area contributed by atoms with Gasteiger partial charge in [0.2, 0.25) is 0 Å². The molecular formula is C13H17F2NO. The Morgan fingerprint density at radius 2 is 2.18 bits per heavy atom. The fraction of sp³-hybridized carbons (Fsp3) is 0.538. The summed E-state index contributed by atoms with van der Waals surface area (Å²) in [7, 11) is 0. The molecule has 0 aliphatic carbocycles. The standard InChI is InChI=1S/C13H17F2NO/c14-10-5-3-4-9(13(10)15)8-12(17)11-6-1-2-7-16-11/h3-5,11-12,16-17H,1-2,6-8H2. The van der Waals surface area contributed by atoms with Crippen LogP contribution >= 0.6 is 0 Å². The molecule has 4 heteroatoms. The molecule has 1 aromatic rings. The molecule has 0 saturated carbocycles. The van der Waals surface area contributed by atoms with Crippen molar-refractivity contribution in [3.05, 3.63) is 35.4 Å². The Balaban J connectivity index is 2.01. The quantitative estimate of drug-likeness (QED) is 0.848. The molecule has 94 valence electrons. The van der Waals surface area contributed by atoms with Crippen molar-refractivity contribution in [3.63, 3.8) is 0 Å². The third-order valence-electron chi connectivity index (χ3n) is 3.27. The molecule has 0 spiro atoms. The predicted octanol–water partition coefficient (Wildman–Crippen LogP) is 2.01. The van der Waals surface area contributed by atoms with Gasteiger partial charge in [-0.3, -0.25) is 0 Å². The summed E-state index contributed by atoms with van der Waals surface area (Å²) in [5.41, 5.74) is 0.241. The lowest BCUT2D eigenvalue weighted by Crippen LogP contribution is -2.44. The number of halogens is 2. The fourth-order valence-electron chi connectivity index (χ4n) is 2.28. The first-order chi connectivity index (χ1) is 8.18. The number of benzene rings is 1. The summed E-state index contributed by atoms with van der Waals surface area (Å²) in [6.45, 7) is 0.882. The molecule has 1 aliphatic rings. The highest BCUT2D eigenvalue weighted by molar-refractivity contribution is 5.20. The number of piperidine rings is 1. The number of rotatable bonds is 3. The molecule has 2 atom stereocenters. The maximum atomic E-state index is 13.4. The van der Waals surface area contributed by atoms with E-state index in [4.69, 9.17) is 0 Å². The van der Waals surface area contributed by atoms with Crippen molar-refractivity contribution in [1.29, 1.82) is 0 Å². The van der Waals surface area contributed by atoms with Crippen LogP contribution in [0.4, 0.5) is 8.78 Å². The molecule has 0 amide bonds. The van der Waals surface area contributed by atoms with E-state index in [1.807, 2.05) is 0 Å². The maximum absolute atomic E-state index is 13.4. The number of hydrogen-bond donors (Lipinski definition) is 2. The van der Waals surface area contributed by atoms with Gasteiger partial charge in [0, 0.05) is 12.5 Å². The van der Waals surface area contributed by atoms with Crippen LogP contribution in [0.25, 0.3) is 0 Å². The minimum absolute atomic E-state index is 0.00795. The van der Waals surface area contributed by atoms with Crippen LogP contribution in [0.5, 0.6) is 0 Å². The van der Waals surface area contributed by atoms with Crippen LogP contribution in [-0.2, 0) is 6.42 Å². The molecule has 2 N–H and O–H groups in total. The number of hydrogen-bond acceptors (Lipinski definition) is 2. The van der Waals surface area contributed by atoms with Crippen molar-refractivity contribution in [3.8, 4) is 0 Å². The van der Waals surface area contributed by atoms with Crippen molar-refractivity contribution >= 4 is 0 Å². The maximum Gasteiger partial charge on any atom is 0.162 e. The summed E-state index contributed by atoms with van der Waals surface area (Å²) < 4.78 is 26.4. The zero-order chi connectivity index (χ0) is 12.3. The van der Waals surface area contributed by atoms with Gasteiger partial charge in [-0.15, -0.1) is 0 Å². The molecule has 0 radical (unpaired) electrons. The van der Waals surface area contributed by atoms with Crippen molar-refractivity contribution < 1.29 is 13.9 Å². The summed E-state index contributed by atoms with van der Waals surface area (Å²) in [6, 6.07) is 4.06. The summed E-state index contributed by atoms with van der Waals surface area (Å²) in [5.74, 6) is -1.70. The molecule has 1 fully saturated rings. The second-order valence-corrected chi connectivity index (χ2v) is 4.54. The molecular weight excluding hydrogens is 224 g/mol. The summed E-state index contributed by atoms with van der Waals surface area (Å²) in [4.78, 5) is 0. The summed E-state index contributed by atoms with van der Waals surface area (Å²) in [5, 5.41) is 13.2. The van der Waals surface area contributed by atoms with E-state index >= 15 is 0 Å². The molecule has 2 rings (SSSR count). The van der Waals surface area contributed by atoms with Crippen LogP contribution in [0.15, 0.2) is 18.2 Å². The van der Waals surface area contributed by atoms with Crippen LogP contribution < -0.4 is 5.32 Å². The van der Waals surface area contributed by atoms with E-state index in [9.17, 15) is 13.9 Å².